The number of halogens is 1. The lowest BCUT2D eigenvalue weighted by atomic mass is 10.00. The lowest BCUT2D eigenvalue weighted by Crippen LogP contribution is -2.53. The summed E-state index contributed by atoms with van der Waals surface area (Å²) in [7, 11) is 1.46. The molecule has 31 heavy (non-hydrogen) atoms. The van der Waals surface area contributed by atoms with Gasteiger partial charge in [-0.3, -0.25) is 9.59 Å². The van der Waals surface area contributed by atoms with Crippen LogP contribution in [0.25, 0.3) is 0 Å². The van der Waals surface area contributed by atoms with Crippen molar-refractivity contribution >= 4 is 23.2 Å². The Morgan fingerprint density at radius 3 is 2.58 bits per heavy atom. The van der Waals surface area contributed by atoms with Crippen LogP contribution < -0.4 is 4.74 Å². The Bertz CT molecular complexity index is 907. The van der Waals surface area contributed by atoms with Crippen LogP contribution >= 0.6 is 11.3 Å². The van der Waals surface area contributed by atoms with E-state index in [9.17, 15) is 14.0 Å². The topological polar surface area (TPSA) is 59.1 Å². The van der Waals surface area contributed by atoms with Gasteiger partial charge in [-0.25, -0.2) is 4.39 Å². The van der Waals surface area contributed by atoms with Crippen LogP contribution in [0.4, 0.5) is 4.39 Å². The van der Waals surface area contributed by atoms with Gasteiger partial charge in [-0.1, -0.05) is 0 Å². The zero-order valence-corrected chi connectivity index (χ0v) is 19.2. The van der Waals surface area contributed by atoms with E-state index >= 15 is 0 Å². The van der Waals surface area contributed by atoms with E-state index in [0.29, 0.717) is 12.3 Å². The van der Waals surface area contributed by atoms with E-state index in [2.05, 4.69) is 0 Å². The minimum Gasteiger partial charge on any atom is -0.491 e. The third-order valence-electron chi connectivity index (χ3n) is 5.31. The normalized spacial score (nSPS) is 16.0. The maximum atomic E-state index is 13.4. The van der Waals surface area contributed by atoms with Crippen molar-refractivity contribution in [1.82, 2.24) is 9.80 Å². The number of carbonyl (C=O) groups is 2. The summed E-state index contributed by atoms with van der Waals surface area (Å²) in [5.41, 5.74) is 0.548. The van der Waals surface area contributed by atoms with E-state index in [1.54, 1.807) is 33.3 Å². The van der Waals surface area contributed by atoms with E-state index in [-0.39, 0.29) is 43.4 Å². The molecule has 1 aromatic carbocycles. The van der Waals surface area contributed by atoms with Crippen molar-refractivity contribution in [3.8, 4) is 5.75 Å². The lowest BCUT2D eigenvalue weighted by molar-refractivity contribution is -0.148. The molecule has 2 amide bonds. The Balaban J connectivity index is 1.79. The summed E-state index contributed by atoms with van der Waals surface area (Å²) < 4.78 is 24.1. The van der Waals surface area contributed by atoms with E-state index in [1.807, 2.05) is 32.2 Å². The number of fused-ring (bicyclic) bond motifs is 1. The number of hydrogen-bond acceptors (Lipinski definition) is 5. The van der Waals surface area contributed by atoms with Crippen LogP contribution in [-0.4, -0.2) is 60.6 Å². The summed E-state index contributed by atoms with van der Waals surface area (Å²) in [6.45, 7) is 6.40. The fourth-order valence-corrected chi connectivity index (χ4v) is 4.64. The van der Waals surface area contributed by atoms with Gasteiger partial charge in [-0.15, -0.1) is 11.3 Å². The number of rotatable bonds is 7. The summed E-state index contributed by atoms with van der Waals surface area (Å²) in [6.07, 6.45) is 0.771. The Morgan fingerprint density at radius 1 is 1.23 bits per heavy atom. The third kappa shape index (κ3) is 5.62. The Kier molecular flexibility index (Phi) is 7.33. The molecule has 0 bridgehead atoms. The number of benzene rings is 1. The summed E-state index contributed by atoms with van der Waals surface area (Å²) in [5.74, 6) is -0.146. The van der Waals surface area contributed by atoms with Crippen LogP contribution in [0.15, 0.2) is 35.7 Å². The lowest BCUT2D eigenvalue weighted by Gasteiger charge is -2.40. The summed E-state index contributed by atoms with van der Waals surface area (Å²) in [5, 5.41) is 2.02. The first-order chi connectivity index (χ1) is 14.7. The van der Waals surface area contributed by atoms with E-state index in [0.717, 1.165) is 12.0 Å². The quantitative estimate of drug-likeness (QED) is 0.649. The first-order valence-electron chi connectivity index (χ1n) is 10.2. The fraction of sp³-hybridized carbons (Fsp3) is 0.478. The van der Waals surface area contributed by atoms with Crippen molar-refractivity contribution < 1.29 is 23.5 Å². The number of nitrogens with zero attached hydrogens (tertiary/aromatic N) is 2. The molecule has 0 saturated heterocycles. The first-order valence-corrected chi connectivity index (χ1v) is 11.1. The Morgan fingerprint density at radius 2 is 1.94 bits per heavy atom. The smallest absolute Gasteiger partial charge is 0.249 e. The van der Waals surface area contributed by atoms with Crippen molar-refractivity contribution in [3.05, 3.63) is 52.0 Å². The molecule has 168 valence electrons. The van der Waals surface area contributed by atoms with Crippen LogP contribution in [0.3, 0.4) is 0 Å². The summed E-state index contributed by atoms with van der Waals surface area (Å²) in [4.78, 5) is 30.5. The average molecular weight is 449 g/mol. The molecule has 0 N–H and O–H groups in total. The first kappa shape index (κ1) is 23.2. The molecule has 0 radical (unpaired) electrons. The zero-order chi connectivity index (χ0) is 22.6. The molecule has 3 rings (SSSR count). The number of hydrogen-bond donors (Lipinski definition) is 0. The van der Waals surface area contributed by atoms with Gasteiger partial charge in [0, 0.05) is 24.1 Å². The number of methoxy groups -OCH3 is 1. The van der Waals surface area contributed by atoms with Gasteiger partial charge in [0.25, 0.3) is 0 Å². The standard InChI is InChI=1S/C23H29FN2O4S/c1-23(2,3)26(22(28)15-29-4)13-21(27)25-11-9-20-18(10-12-31-20)19(25)14-30-17-7-5-16(24)6-8-17/h5-8,10,12,19H,9,11,13-15H2,1-4H3/t19-/m0/s1. The van der Waals surface area contributed by atoms with Crippen molar-refractivity contribution in [3.63, 3.8) is 0 Å². The highest BCUT2D eigenvalue weighted by Crippen LogP contribution is 2.34. The molecule has 1 atom stereocenters. The predicted octanol–water partition coefficient (Wildman–Crippen LogP) is 3.67. The van der Waals surface area contributed by atoms with Crippen LogP contribution in [0.5, 0.6) is 5.75 Å². The van der Waals surface area contributed by atoms with Gasteiger partial charge in [0.05, 0.1) is 6.04 Å². The molecule has 1 aliphatic heterocycles. The number of amides is 2. The molecule has 6 nitrogen and oxygen atoms in total. The van der Waals surface area contributed by atoms with Gasteiger partial charge < -0.3 is 19.3 Å². The maximum Gasteiger partial charge on any atom is 0.249 e. The zero-order valence-electron chi connectivity index (χ0n) is 18.4. The molecule has 2 aromatic rings. The highest BCUT2D eigenvalue weighted by Gasteiger charge is 2.35. The SMILES string of the molecule is COCC(=O)N(CC(=O)N1CCc2sccc2[C@@H]1COc1ccc(F)cc1)C(C)(C)C. The average Bonchev–Trinajstić information content (AvgIpc) is 3.19. The van der Waals surface area contributed by atoms with Crippen molar-refractivity contribution in [1.29, 1.82) is 0 Å². The van der Waals surface area contributed by atoms with Crippen molar-refractivity contribution in [2.75, 3.05) is 33.4 Å². The second-order valence-corrected chi connectivity index (χ2v) is 9.50. The molecular weight excluding hydrogens is 419 g/mol. The molecule has 8 heteroatoms. The molecule has 0 aliphatic carbocycles. The minimum absolute atomic E-state index is 0.0296. The van der Waals surface area contributed by atoms with Gasteiger partial charge in [-0.2, -0.15) is 0 Å². The van der Waals surface area contributed by atoms with Crippen LogP contribution in [-0.2, 0) is 20.7 Å². The molecule has 0 spiro atoms. The minimum atomic E-state index is -0.519. The molecular formula is C23H29FN2O4S. The molecule has 0 unspecified atom stereocenters. The van der Waals surface area contributed by atoms with Crippen LogP contribution in [0.1, 0.15) is 37.3 Å². The summed E-state index contributed by atoms with van der Waals surface area (Å²) in [6, 6.07) is 7.59. The fourth-order valence-electron chi connectivity index (χ4n) is 3.71. The van der Waals surface area contributed by atoms with Crippen LogP contribution in [0.2, 0.25) is 0 Å². The van der Waals surface area contributed by atoms with Gasteiger partial charge in [-0.05, 0) is 68.5 Å². The van der Waals surface area contributed by atoms with Crippen molar-refractivity contribution in [2.45, 2.75) is 38.8 Å². The predicted molar refractivity (Wildman–Crippen MR) is 118 cm³/mol. The second kappa shape index (κ2) is 9.78. The van der Waals surface area contributed by atoms with Gasteiger partial charge in [0.15, 0.2) is 0 Å². The van der Waals surface area contributed by atoms with E-state index in [1.165, 1.54) is 24.1 Å². The highest BCUT2D eigenvalue weighted by atomic mass is 32.1. The van der Waals surface area contributed by atoms with Gasteiger partial charge in [0.1, 0.15) is 31.3 Å². The Hall–Kier alpha value is -2.45. The molecule has 1 aliphatic rings. The molecule has 1 aromatic heterocycles. The monoisotopic (exact) mass is 448 g/mol. The number of thiophene rings is 1. The number of carbonyl (C=O) groups excluding carboxylic acids is 2. The van der Waals surface area contributed by atoms with Gasteiger partial charge in [0.2, 0.25) is 11.8 Å². The Labute approximate surface area is 186 Å². The molecule has 0 saturated carbocycles. The maximum absolute atomic E-state index is 13.4. The summed E-state index contributed by atoms with van der Waals surface area (Å²) >= 11 is 1.67. The van der Waals surface area contributed by atoms with Crippen LogP contribution in [0, 0.1) is 5.82 Å². The highest BCUT2D eigenvalue weighted by molar-refractivity contribution is 7.10. The van der Waals surface area contributed by atoms with E-state index < -0.39 is 5.54 Å². The molecule has 2 heterocycles. The second-order valence-electron chi connectivity index (χ2n) is 8.50. The molecule has 0 fully saturated rings. The largest absolute Gasteiger partial charge is 0.491 e. The van der Waals surface area contributed by atoms with Gasteiger partial charge >= 0.3 is 0 Å². The third-order valence-corrected chi connectivity index (χ3v) is 6.31. The van der Waals surface area contributed by atoms with Crippen molar-refractivity contribution in [2.24, 2.45) is 0 Å². The van der Waals surface area contributed by atoms with E-state index in [4.69, 9.17) is 9.47 Å². The number of ether oxygens (including phenoxy) is 2.